The average molecular weight is 277 g/mol. The molecule has 5 nitrogen and oxygen atoms in total. The standard InChI is InChI=1S/C15H19NO4/c1-2-7-15(20)9-16(10-15)13(17)8-11-5-3-4-6-12(11)14(18)19/h3-6,20H,2,7-10H2,1H3,(H,18,19). The molecule has 2 N–H and O–H groups in total. The largest absolute Gasteiger partial charge is 0.478 e. The van der Waals surface area contributed by atoms with E-state index in [1.165, 1.54) is 6.07 Å². The van der Waals surface area contributed by atoms with Crippen molar-refractivity contribution >= 4 is 11.9 Å². The van der Waals surface area contributed by atoms with Crippen molar-refractivity contribution < 1.29 is 19.8 Å². The number of nitrogens with zero attached hydrogens (tertiary/aromatic N) is 1. The summed E-state index contributed by atoms with van der Waals surface area (Å²) in [6.07, 6.45) is 1.62. The van der Waals surface area contributed by atoms with Crippen LogP contribution < -0.4 is 0 Å². The van der Waals surface area contributed by atoms with Gasteiger partial charge in [0.25, 0.3) is 0 Å². The second-order valence-electron chi connectivity index (χ2n) is 5.36. The maximum atomic E-state index is 12.1. The lowest BCUT2D eigenvalue weighted by atomic mass is 9.88. The molecule has 5 heteroatoms. The average Bonchev–Trinajstić information content (AvgIpc) is 2.36. The topological polar surface area (TPSA) is 77.8 Å². The van der Waals surface area contributed by atoms with E-state index in [1.54, 1.807) is 23.1 Å². The Morgan fingerprint density at radius 2 is 1.95 bits per heavy atom. The van der Waals surface area contributed by atoms with E-state index in [-0.39, 0.29) is 17.9 Å². The zero-order valence-corrected chi connectivity index (χ0v) is 11.5. The van der Waals surface area contributed by atoms with Crippen LogP contribution in [0.5, 0.6) is 0 Å². The van der Waals surface area contributed by atoms with Crippen molar-refractivity contribution in [3.8, 4) is 0 Å². The summed E-state index contributed by atoms with van der Waals surface area (Å²) in [4.78, 5) is 24.7. The van der Waals surface area contributed by atoms with Crippen molar-refractivity contribution in [3.05, 3.63) is 35.4 Å². The van der Waals surface area contributed by atoms with Gasteiger partial charge in [0, 0.05) is 0 Å². The second kappa shape index (κ2) is 5.63. The third-order valence-corrected chi connectivity index (χ3v) is 3.63. The van der Waals surface area contributed by atoms with Crippen molar-refractivity contribution in [1.29, 1.82) is 0 Å². The number of carboxylic acid groups (broad SMARTS) is 1. The fourth-order valence-electron chi connectivity index (χ4n) is 2.62. The number of carbonyl (C=O) groups excluding carboxylic acids is 1. The van der Waals surface area contributed by atoms with Crippen LogP contribution in [0.2, 0.25) is 0 Å². The molecule has 1 aromatic carbocycles. The number of benzene rings is 1. The first-order valence-electron chi connectivity index (χ1n) is 6.76. The Morgan fingerprint density at radius 1 is 1.30 bits per heavy atom. The van der Waals surface area contributed by atoms with Gasteiger partial charge in [-0.15, -0.1) is 0 Å². The van der Waals surface area contributed by atoms with Crippen molar-refractivity contribution in [2.45, 2.75) is 31.8 Å². The first-order valence-corrected chi connectivity index (χ1v) is 6.76. The van der Waals surface area contributed by atoms with Gasteiger partial charge in [0.1, 0.15) is 0 Å². The van der Waals surface area contributed by atoms with Gasteiger partial charge in [0.2, 0.25) is 5.91 Å². The van der Waals surface area contributed by atoms with Gasteiger partial charge >= 0.3 is 5.97 Å². The van der Waals surface area contributed by atoms with Crippen LogP contribution in [0.3, 0.4) is 0 Å². The van der Waals surface area contributed by atoms with E-state index in [0.29, 0.717) is 25.1 Å². The predicted octanol–water partition coefficient (Wildman–Crippen LogP) is 1.30. The normalized spacial score (nSPS) is 16.6. The number of hydrogen-bond acceptors (Lipinski definition) is 3. The van der Waals surface area contributed by atoms with Crippen LogP contribution in [-0.2, 0) is 11.2 Å². The number of β-amino-alcohol motifs (C(OH)–C–C–N with tert-alkyl or cyclic N) is 1. The minimum Gasteiger partial charge on any atom is -0.478 e. The lowest BCUT2D eigenvalue weighted by Crippen LogP contribution is -2.63. The quantitative estimate of drug-likeness (QED) is 0.850. The van der Waals surface area contributed by atoms with Crippen LogP contribution >= 0.6 is 0 Å². The molecule has 1 aliphatic heterocycles. The highest BCUT2D eigenvalue weighted by molar-refractivity contribution is 5.91. The van der Waals surface area contributed by atoms with Gasteiger partial charge in [0.15, 0.2) is 0 Å². The fraction of sp³-hybridized carbons (Fsp3) is 0.467. The molecular weight excluding hydrogens is 258 g/mol. The molecule has 0 saturated carbocycles. The summed E-state index contributed by atoms with van der Waals surface area (Å²) in [7, 11) is 0. The highest BCUT2D eigenvalue weighted by Crippen LogP contribution is 2.26. The summed E-state index contributed by atoms with van der Waals surface area (Å²) in [5.41, 5.74) is -0.0855. The predicted molar refractivity (Wildman–Crippen MR) is 73.5 cm³/mol. The van der Waals surface area contributed by atoms with E-state index in [9.17, 15) is 14.7 Å². The van der Waals surface area contributed by atoms with Gasteiger partial charge in [0.05, 0.1) is 30.7 Å². The molecule has 1 aliphatic rings. The molecule has 2 rings (SSSR count). The highest BCUT2D eigenvalue weighted by Gasteiger charge is 2.42. The van der Waals surface area contributed by atoms with Gasteiger partial charge < -0.3 is 15.1 Å². The molecule has 20 heavy (non-hydrogen) atoms. The zero-order chi connectivity index (χ0) is 14.8. The molecular formula is C15H19NO4. The minimum atomic E-state index is -1.03. The number of carbonyl (C=O) groups is 2. The summed E-state index contributed by atoms with van der Waals surface area (Å²) < 4.78 is 0. The monoisotopic (exact) mass is 277 g/mol. The Morgan fingerprint density at radius 3 is 2.55 bits per heavy atom. The number of carboxylic acids is 1. The van der Waals surface area contributed by atoms with Crippen LogP contribution in [0.15, 0.2) is 24.3 Å². The molecule has 0 aliphatic carbocycles. The lowest BCUT2D eigenvalue weighted by Gasteiger charge is -2.46. The Labute approximate surface area is 117 Å². The Balaban J connectivity index is 1.99. The van der Waals surface area contributed by atoms with Crippen molar-refractivity contribution in [1.82, 2.24) is 4.90 Å². The summed E-state index contributed by atoms with van der Waals surface area (Å²) in [5.74, 6) is -1.17. The summed E-state index contributed by atoms with van der Waals surface area (Å²) in [6.45, 7) is 2.68. The number of aromatic carboxylic acids is 1. The number of hydrogen-bond donors (Lipinski definition) is 2. The fourth-order valence-corrected chi connectivity index (χ4v) is 2.62. The maximum absolute atomic E-state index is 12.1. The van der Waals surface area contributed by atoms with Crippen molar-refractivity contribution in [2.24, 2.45) is 0 Å². The van der Waals surface area contributed by atoms with E-state index in [2.05, 4.69) is 0 Å². The van der Waals surface area contributed by atoms with Gasteiger partial charge in [-0.2, -0.15) is 0 Å². The second-order valence-corrected chi connectivity index (χ2v) is 5.36. The van der Waals surface area contributed by atoms with Gasteiger partial charge in [-0.3, -0.25) is 4.79 Å². The lowest BCUT2D eigenvalue weighted by molar-refractivity contribution is -0.155. The molecule has 0 unspecified atom stereocenters. The molecule has 108 valence electrons. The van der Waals surface area contributed by atoms with Gasteiger partial charge in [-0.1, -0.05) is 31.5 Å². The molecule has 0 radical (unpaired) electrons. The highest BCUT2D eigenvalue weighted by atomic mass is 16.4. The first kappa shape index (κ1) is 14.5. The maximum Gasteiger partial charge on any atom is 0.335 e. The van der Waals surface area contributed by atoms with E-state index < -0.39 is 11.6 Å². The number of rotatable bonds is 5. The SMILES string of the molecule is CCCC1(O)CN(C(=O)Cc2ccccc2C(=O)O)C1. The van der Waals surface area contributed by atoms with Crippen molar-refractivity contribution in [3.63, 3.8) is 0 Å². The molecule has 0 spiro atoms. The smallest absolute Gasteiger partial charge is 0.335 e. The van der Waals surface area contributed by atoms with E-state index >= 15 is 0 Å². The Hall–Kier alpha value is -1.88. The van der Waals surface area contributed by atoms with Crippen LogP contribution in [0, 0.1) is 0 Å². The zero-order valence-electron chi connectivity index (χ0n) is 11.5. The Bertz CT molecular complexity index is 520. The van der Waals surface area contributed by atoms with Crippen LogP contribution in [-0.4, -0.2) is 45.7 Å². The molecule has 0 atom stereocenters. The Kier molecular flexibility index (Phi) is 4.09. The number of aliphatic hydroxyl groups is 1. The van der Waals surface area contributed by atoms with E-state index in [0.717, 1.165) is 6.42 Å². The molecule has 1 saturated heterocycles. The van der Waals surface area contributed by atoms with Gasteiger partial charge in [-0.05, 0) is 18.1 Å². The summed E-state index contributed by atoms with van der Waals surface area (Å²) in [6, 6.07) is 6.51. The third-order valence-electron chi connectivity index (χ3n) is 3.63. The molecule has 1 amide bonds. The molecule has 1 heterocycles. The minimum absolute atomic E-state index is 0.0602. The van der Waals surface area contributed by atoms with E-state index in [4.69, 9.17) is 5.11 Å². The molecule has 0 aromatic heterocycles. The van der Waals surface area contributed by atoms with Crippen molar-refractivity contribution in [2.75, 3.05) is 13.1 Å². The number of likely N-dealkylation sites (tertiary alicyclic amines) is 1. The van der Waals surface area contributed by atoms with Crippen LogP contribution in [0.4, 0.5) is 0 Å². The third kappa shape index (κ3) is 2.99. The summed E-state index contributed by atoms with van der Waals surface area (Å²) >= 11 is 0. The van der Waals surface area contributed by atoms with Crippen LogP contribution in [0.25, 0.3) is 0 Å². The van der Waals surface area contributed by atoms with Gasteiger partial charge in [-0.25, -0.2) is 4.79 Å². The molecule has 1 aromatic rings. The molecule has 0 bridgehead atoms. The summed E-state index contributed by atoms with van der Waals surface area (Å²) in [5, 5.41) is 19.1. The molecule has 1 fully saturated rings. The van der Waals surface area contributed by atoms with E-state index in [1.807, 2.05) is 6.92 Å². The van der Waals surface area contributed by atoms with Crippen LogP contribution in [0.1, 0.15) is 35.7 Å². The number of amides is 1. The first-order chi connectivity index (χ1) is 9.45.